The fourth-order valence-electron chi connectivity index (χ4n) is 3.74. The normalized spacial score (nSPS) is 11.8. The van der Waals surface area contributed by atoms with Gasteiger partial charge in [-0.25, -0.2) is 8.42 Å². The SMILES string of the molecule is Cc1c(N(Cc2cccc3cccnc23)S(=O)(=O)c2cccnc2)sc2ccccc12. The van der Waals surface area contributed by atoms with Gasteiger partial charge in [-0.05, 0) is 47.7 Å². The second-order valence-corrected chi connectivity index (χ2v) is 10.1. The van der Waals surface area contributed by atoms with Crippen molar-refractivity contribution in [1.82, 2.24) is 9.97 Å². The van der Waals surface area contributed by atoms with Gasteiger partial charge < -0.3 is 0 Å². The highest BCUT2D eigenvalue weighted by Gasteiger charge is 2.29. The first-order chi connectivity index (χ1) is 15.1. The van der Waals surface area contributed by atoms with Crippen molar-refractivity contribution in [3.05, 3.63) is 96.4 Å². The number of nitrogens with zero attached hydrogens (tertiary/aromatic N) is 3. The fourth-order valence-corrected chi connectivity index (χ4v) is 6.63. The van der Waals surface area contributed by atoms with Crippen LogP contribution in [0.1, 0.15) is 11.1 Å². The number of anilines is 1. The highest BCUT2D eigenvalue weighted by molar-refractivity contribution is 7.93. The van der Waals surface area contributed by atoms with Crippen LogP contribution in [0.2, 0.25) is 0 Å². The summed E-state index contributed by atoms with van der Waals surface area (Å²) in [4.78, 5) is 8.72. The molecule has 3 heterocycles. The van der Waals surface area contributed by atoms with Crippen LogP contribution in [-0.4, -0.2) is 18.4 Å². The highest BCUT2D eigenvalue weighted by atomic mass is 32.2. The van der Waals surface area contributed by atoms with Gasteiger partial charge in [-0.3, -0.25) is 14.3 Å². The lowest BCUT2D eigenvalue weighted by molar-refractivity contribution is 0.590. The van der Waals surface area contributed by atoms with Gasteiger partial charge in [-0.1, -0.05) is 42.5 Å². The summed E-state index contributed by atoms with van der Waals surface area (Å²) in [5.74, 6) is 0. The van der Waals surface area contributed by atoms with E-state index in [0.29, 0.717) is 5.00 Å². The molecule has 31 heavy (non-hydrogen) atoms. The van der Waals surface area contributed by atoms with Crippen molar-refractivity contribution in [3.8, 4) is 0 Å². The van der Waals surface area contributed by atoms with Crippen molar-refractivity contribution in [1.29, 1.82) is 0 Å². The molecule has 0 spiro atoms. The van der Waals surface area contributed by atoms with E-state index in [1.165, 1.54) is 21.8 Å². The third kappa shape index (κ3) is 3.45. The van der Waals surface area contributed by atoms with Crippen LogP contribution >= 0.6 is 11.3 Å². The van der Waals surface area contributed by atoms with Gasteiger partial charge in [0.05, 0.1) is 12.1 Å². The number of para-hydroxylation sites is 1. The molecule has 154 valence electrons. The molecule has 0 saturated heterocycles. The zero-order valence-corrected chi connectivity index (χ0v) is 18.4. The molecule has 0 radical (unpaired) electrons. The number of rotatable bonds is 5. The largest absolute Gasteiger partial charge is 0.266 e. The van der Waals surface area contributed by atoms with E-state index < -0.39 is 10.0 Å². The molecule has 0 N–H and O–H groups in total. The van der Waals surface area contributed by atoms with Crippen molar-refractivity contribution in [2.45, 2.75) is 18.4 Å². The number of pyridine rings is 2. The number of sulfonamides is 1. The Labute approximate surface area is 184 Å². The number of aryl methyl sites for hydroxylation is 1. The van der Waals surface area contributed by atoms with Gasteiger partial charge in [-0.15, -0.1) is 11.3 Å². The minimum atomic E-state index is -3.84. The number of aromatic nitrogens is 2. The van der Waals surface area contributed by atoms with Crippen LogP contribution in [0.25, 0.3) is 21.0 Å². The Balaban J connectivity index is 1.72. The van der Waals surface area contributed by atoms with E-state index in [-0.39, 0.29) is 11.4 Å². The van der Waals surface area contributed by atoms with E-state index in [4.69, 9.17) is 0 Å². The molecule has 0 unspecified atom stereocenters. The first-order valence-electron chi connectivity index (χ1n) is 9.79. The molecule has 0 saturated carbocycles. The number of benzene rings is 2. The maximum atomic E-state index is 13.8. The molecule has 5 nitrogen and oxygen atoms in total. The Kier molecular flexibility index (Phi) is 4.92. The molecule has 0 atom stereocenters. The molecule has 3 aromatic heterocycles. The van der Waals surface area contributed by atoms with Gasteiger partial charge in [0.1, 0.15) is 9.90 Å². The summed E-state index contributed by atoms with van der Waals surface area (Å²) in [5.41, 5.74) is 2.60. The predicted molar refractivity (Wildman–Crippen MR) is 126 cm³/mol. The maximum Gasteiger partial charge on any atom is 0.266 e. The first kappa shape index (κ1) is 19.7. The predicted octanol–water partition coefficient (Wildman–Crippen LogP) is 5.55. The summed E-state index contributed by atoms with van der Waals surface area (Å²) in [6, 6.07) is 20.9. The van der Waals surface area contributed by atoms with Gasteiger partial charge in [0.25, 0.3) is 10.0 Å². The molecule has 0 fully saturated rings. The minimum absolute atomic E-state index is 0.167. The fraction of sp³-hybridized carbons (Fsp3) is 0.0833. The quantitative estimate of drug-likeness (QED) is 0.356. The molecule has 5 aromatic rings. The molecule has 5 rings (SSSR count). The average molecular weight is 446 g/mol. The Hall–Kier alpha value is -3.29. The lowest BCUT2D eigenvalue weighted by atomic mass is 10.1. The number of fused-ring (bicyclic) bond motifs is 2. The summed E-state index contributed by atoms with van der Waals surface area (Å²) >= 11 is 1.48. The summed E-state index contributed by atoms with van der Waals surface area (Å²) < 4.78 is 30.1. The molecule has 0 bridgehead atoms. The van der Waals surface area contributed by atoms with E-state index >= 15 is 0 Å². The van der Waals surface area contributed by atoms with Crippen molar-refractivity contribution in [2.24, 2.45) is 0 Å². The van der Waals surface area contributed by atoms with E-state index in [0.717, 1.165) is 32.1 Å². The van der Waals surface area contributed by atoms with Crippen LogP contribution in [0.15, 0.2) is 90.2 Å². The van der Waals surface area contributed by atoms with Gasteiger partial charge in [0.15, 0.2) is 0 Å². The zero-order chi connectivity index (χ0) is 21.4. The van der Waals surface area contributed by atoms with Gasteiger partial charge in [-0.2, -0.15) is 0 Å². The molecule has 0 aliphatic carbocycles. The Morgan fingerprint density at radius 3 is 2.55 bits per heavy atom. The molecule has 2 aromatic carbocycles. The molecule has 0 aliphatic heterocycles. The summed E-state index contributed by atoms with van der Waals surface area (Å²) in [5, 5.41) is 2.75. The topological polar surface area (TPSA) is 63.2 Å². The number of thiophene rings is 1. The van der Waals surface area contributed by atoms with Gasteiger partial charge >= 0.3 is 0 Å². The third-order valence-electron chi connectivity index (χ3n) is 5.30. The van der Waals surface area contributed by atoms with Crippen LogP contribution in [-0.2, 0) is 16.6 Å². The van der Waals surface area contributed by atoms with Crippen LogP contribution < -0.4 is 4.31 Å². The smallest absolute Gasteiger partial charge is 0.263 e. The van der Waals surface area contributed by atoms with E-state index in [1.807, 2.05) is 61.5 Å². The van der Waals surface area contributed by atoms with Crippen LogP contribution in [0.5, 0.6) is 0 Å². The number of hydrogen-bond donors (Lipinski definition) is 0. The summed E-state index contributed by atoms with van der Waals surface area (Å²) in [7, 11) is -3.84. The second kappa shape index (κ2) is 7.76. The van der Waals surface area contributed by atoms with Crippen LogP contribution in [0.4, 0.5) is 5.00 Å². The number of hydrogen-bond acceptors (Lipinski definition) is 5. The first-order valence-corrected chi connectivity index (χ1v) is 12.0. The summed E-state index contributed by atoms with van der Waals surface area (Å²) in [6.07, 6.45) is 4.70. The maximum absolute atomic E-state index is 13.8. The van der Waals surface area contributed by atoms with Crippen molar-refractivity contribution in [2.75, 3.05) is 4.31 Å². The molecular weight excluding hydrogens is 426 g/mol. The molecule has 0 aliphatic rings. The monoisotopic (exact) mass is 445 g/mol. The van der Waals surface area contributed by atoms with Crippen LogP contribution in [0, 0.1) is 6.92 Å². The standard InChI is InChI=1S/C24H19N3O2S2/c1-17-21-11-2-3-12-22(21)30-24(17)27(31(28,29)20-10-6-13-25-15-20)16-19-8-4-7-18-9-5-14-26-23(18)19/h2-15H,16H2,1H3. The summed E-state index contributed by atoms with van der Waals surface area (Å²) in [6.45, 7) is 2.15. The van der Waals surface area contributed by atoms with Gasteiger partial charge in [0, 0.05) is 28.7 Å². The van der Waals surface area contributed by atoms with E-state index in [2.05, 4.69) is 9.97 Å². The average Bonchev–Trinajstić information content (AvgIpc) is 3.14. The van der Waals surface area contributed by atoms with Crippen molar-refractivity contribution >= 4 is 47.4 Å². The van der Waals surface area contributed by atoms with Crippen molar-refractivity contribution < 1.29 is 8.42 Å². The zero-order valence-electron chi connectivity index (χ0n) is 16.8. The highest BCUT2D eigenvalue weighted by Crippen LogP contribution is 2.40. The third-order valence-corrected chi connectivity index (χ3v) is 8.44. The molecule has 0 amide bonds. The molecule has 7 heteroatoms. The Morgan fingerprint density at radius 2 is 1.74 bits per heavy atom. The second-order valence-electron chi connectivity index (χ2n) is 7.22. The molecular formula is C24H19N3O2S2. The van der Waals surface area contributed by atoms with Crippen molar-refractivity contribution in [3.63, 3.8) is 0 Å². The van der Waals surface area contributed by atoms with E-state index in [1.54, 1.807) is 24.5 Å². The van der Waals surface area contributed by atoms with E-state index in [9.17, 15) is 8.42 Å². The lowest BCUT2D eigenvalue weighted by Gasteiger charge is -2.24. The van der Waals surface area contributed by atoms with Crippen LogP contribution in [0.3, 0.4) is 0 Å². The minimum Gasteiger partial charge on any atom is -0.263 e. The lowest BCUT2D eigenvalue weighted by Crippen LogP contribution is -2.30. The van der Waals surface area contributed by atoms with Gasteiger partial charge in [0.2, 0.25) is 0 Å². The Bertz CT molecular complexity index is 1490. The Morgan fingerprint density at radius 1 is 0.935 bits per heavy atom.